The normalized spacial score (nSPS) is 12.9. The number of nitrogens with one attached hydrogen (secondary N) is 2. The van der Waals surface area contributed by atoms with Gasteiger partial charge < -0.3 is 14.8 Å². The first-order valence-electron chi connectivity index (χ1n) is 9.31. The summed E-state index contributed by atoms with van der Waals surface area (Å²) in [6, 6.07) is 9.99. The van der Waals surface area contributed by atoms with Crippen LogP contribution in [0.15, 0.2) is 58.9 Å². The number of amides is 1. The molecule has 0 bridgehead atoms. The molecule has 1 aliphatic rings. The molecule has 1 amide bonds. The molecule has 2 N–H and O–H groups in total. The molecule has 0 saturated carbocycles. The van der Waals surface area contributed by atoms with Gasteiger partial charge in [0.1, 0.15) is 6.54 Å². The van der Waals surface area contributed by atoms with Crippen LogP contribution in [0.25, 0.3) is 0 Å². The Morgan fingerprint density at radius 3 is 2.48 bits per heavy atom. The summed E-state index contributed by atoms with van der Waals surface area (Å²) in [5, 5.41) is 4.44. The molecular weight excluding hydrogens is 492 g/mol. The van der Waals surface area contributed by atoms with Crippen LogP contribution in [-0.4, -0.2) is 47.3 Å². The first kappa shape index (κ1) is 22.8. The fourth-order valence-electron chi connectivity index (χ4n) is 2.94. The van der Waals surface area contributed by atoms with Crippen LogP contribution in [0.4, 0.5) is 16.5 Å². The van der Waals surface area contributed by atoms with Gasteiger partial charge in [0.25, 0.3) is 10.0 Å². The molecule has 0 radical (unpaired) electrons. The van der Waals surface area contributed by atoms with Crippen molar-refractivity contribution in [1.29, 1.82) is 0 Å². The van der Waals surface area contributed by atoms with E-state index < -0.39 is 32.5 Å². The van der Waals surface area contributed by atoms with Gasteiger partial charge in [0.15, 0.2) is 16.6 Å². The molecule has 0 spiro atoms. The Hall–Kier alpha value is -3.36. The maximum absolute atomic E-state index is 12.6. The van der Waals surface area contributed by atoms with Crippen LogP contribution in [0.2, 0.25) is 0 Å². The maximum Gasteiger partial charge on any atom is 0.263 e. The highest BCUT2D eigenvalue weighted by atomic mass is 32.2. The van der Waals surface area contributed by atoms with E-state index in [1.165, 1.54) is 42.6 Å². The van der Waals surface area contributed by atoms with E-state index in [1.807, 2.05) is 0 Å². The van der Waals surface area contributed by atoms with Gasteiger partial charge in [-0.05, 0) is 36.4 Å². The lowest BCUT2D eigenvalue weighted by Crippen LogP contribution is -2.37. The molecular formula is C19H18N4O7S3. The summed E-state index contributed by atoms with van der Waals surface area (Å²) in [5.41, 5.74) is 0.541. The van der Waals surface area contributed by atoms with Crippen LogP contribution in [0.3, 0.4) is 0 Å². The number of carbonyl (C=O) groups excluding carboxylic acids is 1. The molecule has 0 fully saturated rings. The Morgan fingerprint density at radius 2 is 1.82 bits per heavy atom. The number of ether oxygens (including phenoxy) is 2. The second-order valence-electron chi connectivity index (χ2n) is 6.82. The van der Waals surface area contributed by atoms with Crippen LogP contribution >= 0.6 is 11.3 Å². The van der Waals surface area contributed by atoms with Crippen LogP contribution in [0, 0.1) is 0 Å². The highest BCUT2D eigenvalue weighted by Crippen LogP contribution is 2.36. The molecule has 2 aromatic carbocycles. The number of anilines is 3. The minimum Gasteiger partial charge on any atom is -0.454 e. The molecule has 174 valence electrons. The molecule has 14 heteroatoms. The van der Waals surface area contributed by atoms with Crippen molar-refractivity contribution in [3.63, 3.8) is 0 Å². The number of nitrogens with zero attached hydrogens (tertiary/aromatic N) is 2. The van der Waals surface area contributed by atoms with E-state index >= 15 is 0 Å². The SMILES string of the molecule is CS(=O)(=O)N(CC(=O)Nc1ccc(S(=O)(=O)Nc2nccs2)cc1)c1ccc2c(c1)OCO2. The van der Waals surface area contributed by atoms with E-state index in [-0.39, 0.29) is 22.5 Å². The van der Waals surface area contributed by atoms with E-state index in [2.05, 4.69) is 15.0 Å². The third kappa shape index (κ3) is 5.35. The molecule has 2 heterocycles. The highest BCUT2D eigenvalue weighted by Gasteiger charge is 2.24. The summed E-state index contributed by atoms with van der Waals surface area (Å²) in [7, 11) is -7.62. The van der Waals surface area contributed by atoms with Crippen molar-refractivity contribution >= 4 is 53.8 Å². The zero-order valence-corrected chi connectivity index (χ0v) is 19.5. The number of hydrogen-bond donors (Lipinski definition) is 2. The van der Waals surface area contributed by atoms with Crippen molar-refractivity contribution in [2.75, 3.05) is 33.9 Å². The number of fused-ring (bicyclic) bond motifs is 1. The van der Waals surface area contributed by atoms with Crippen molar-refractivity contribution < 1.29 is 31.1 Å². The average Bonchev–Trinajstić information content (AvgIpc) is 3.42. The average molecular weight is 511 g/mol. The van der Waals surface area contributed by atoms with Crippen molar-refractivity contribution in [2.45, 2.75) is 4.90 Å². The lowest BCUT2D eigenvalue weighted by molar-refractivity contribution is -0.114. The molecule has 1 aromatic heterocycles. The van der Waals surface area contributed by atoms with Crippen molar-refractivity contribution in [3.05, 3.63) is 54.0 Å². The quantitative estimate of drug-likeness (QED) is 0.469. The Kier molecular flexibility index (Phi) is 6.14. The minimum atomic E-state index is -3.83. The van der Waals surface area contributed by atoms with Crippen LogP contribution in [0.5, 0.6) is 11.5 Å². The smallest absolute Gasteiger partial charge is 0.263 e. The van der Waals surface area contributed by atoms with Crippen molar-refractivity contribution in [2.24, 2.45) is 0 Å². The molecule has 0 saturated heterocycles. The highest BCUT2D eigenvalue weighted by molar-refractivity contribution is 7.93. The molecule has 33 heavy (non-hydrogen) atoms. The van der Waals surface area contributed by atoms with Gasteiger partial charge in [0.2, 0.25) is 22.7 Å². The Labute approximate surface area is 194 Å². The van der Waals surface area contributed by atoms with Gasteiger partial charge in [-0.3, -0.25) is 13.8 Å². The van der Waals surface area contributed by atoms with Crippen LogP contribution < -0.4 is 23.8 Å². The third-order valence-electron chi connectivity index (χ3n) is 4.43. The van der Waals surface area contributed by atoms with Crippen LogP contribution in [0.1, 0.15) is 0 Å². The molecule has 11 nitrogen and oxygen atoms in total. The van der Waals surface area contributed by atoms with E-state index in [9.17, 15) is 21.6 Å². The van der Waals surface area contributed by atoms with Crippen molar-refractivity contribution in [1.82, 2.24) is 4.98 Å². The summed E-state index contributed by atoms with van der Waals surface area (Å²) in [5.74, 6) is 0.246. The molecule has 0 aliphatic carbocycles. The van der Waals surface area contributed by atoms with Crippen LogP contribution in [-0.2, 0) is 24.8 Å². The fraction of sp³-hybridized carbons (Fsp3) is 0.158. The number of hydrogen-bond acceptors (Lipinski definition) is 9. The lowest BCUT2D eigenvalue weighted by atomic mass is 10.2. The van der Waals surface area contributed by atoms with Gasteiger partial charge in [-0.25, -0.2) is 21.8 Å². The Bertz CT molecular complexity index is 1370. The number of rotatable bonds is 8. The zero-order chi connectivity index (χ0) is 23.6. The summed E-state index contributed by atoms with van der Waals surface area (Å²) in [4.78, 5) is 16.4. The van der Waals surface area contributed by atoms with Gasteiger partial charge in [-0.1, -0.05) is 0 Å². The predicted octanol–water partition coefficient (Wildman–Crippen LogP) is 2.08. The minimum absolute atomic E-state index is 0.0196. The molecule has 0 atom stereocenters. The monoisotopic (exact) mass is 510 g/mol. The maximum atomic E-state index is 12.6. The van der Waals surface area contributed by atoms with Gasteiger partial charge in [-0.15, -0.1) is 11.3 Å². The van der Waals surface area contributed by atoms with E-state index in [1.54, 1.807) is 11.4 Å². The number of sulfonamides is 2. The van der Waals surface area contributed by atoms with Gasteiger partial charge in [-0.2, -0.15) is 0 Å². The number of aromatic nitrogens is 1. The van der Waals surface area contributed by atoms with E-state index in [0.717, 1.165) is 21.9 Å². The molecule has 1 aliphatic heterocycles. The fourth-order valence-corrected chi connectivity index (χ4v) is 5.57. The first-order chi connectivity index (χ1) is 15.6. The summed E-state index contributed by atoms with van der Waals surface area (Å²) >= 11 is 1.14. The summed E-state index contributed by atoms with van der Waals surface area (Å²) in [6.07, 6.45) is 2.46. The largest absolute Gasteiger partial charge is 0.454 e. The standard InChI is InChI=1S/C19H18N4O7S3/c1-32(25,26)23(14-4-7-16-17(10-14)30-12-29-16)11-18(24)21-13-2-5-15(6-3-13)33(27,28)22-19-20-8-9-31-19/h2-10H,11-12H2,1H3,(H,20,22)(H,21,24). The molecule has 4 rings (SSSR count). The summed E-state index contributed by atoms with van der Waals surface area (Å²) in [6.45, 7) is -0.465. The van der Waals surface area contributed by atoms with Gasteiger partial charge in [0, 0.05) is 23.3 Å². The second-order valence-corrected chi connectivity index (χ2v) is 11.3. The van der Waals surface area contributed by atoms with E-state index in [4.69, 9.17) is 9.47 Å². The Balaban J connectivity index is 1.46. The Morgan fingerprint density at radius 1 is 1.09 bits per heavy atom. The summed E-state index contributed by atoms with van der Waals surface area (Å²) < 4.78 is 63.2. The van der Waals surface area contributed by atoms with Crippen molar-refractivity contribution in [3.8, 4) is 11.5 Å². The molecule has 3 aromatic rings. The lowest BCUT2D eigenvalue weighted by Gasteiger charge is -2.22. The third-order valence-corrected chi connectivity index (χ3v) is 7.75. The zero-order valence-electron chi connectivity index (χ0n) is 17.1. The van der Waals surface area contributed by atoms with Gasteiger partial charge in [0.05, 0.1) is 16.8 Å². The second kappa shape index (κ2) is 8.88. The number of thiazole rings is 1. The number of carbonyl (C=O) groups is 1. The van der Waals surface area contributed by atoms with Gasteiger partial charge >= 0.3 is 0 Å². The first-order valence-corrected chi connectivity index (χ1v) is 13.5. The predicted molar refractivity (Wildman–Crippen MR) is 123 cm³/mol. The topological polar surface area (TPSA) is 144 Å². The number of benzene rings is 2. The molecule has 0 unspecified atom stereocenters. The van der Waals surface area contributed by atoms with E-state index in [0.29, 0.717) is 17.2 Å².